The standard InChI is InChI=1S/C10H11FN4O2S/c1-6-10(5-13-14-6)18(16,17)15-7-2-3-9(12)8(11)4-7/h2-5,15H,12H2,1H3,(H,13,14). The molecule has 0 amide bonds. The number of sulfonamides is 1. The number of benzene rings is 1. The molecule has 96 valence electrons. The van der Waals surface area contributed by atoms with E-state index >= 15 is 0 Å². The van der Waals surface area contributed by atoms with Crippen LogP contribution in [0.5, 0.6) is 0 Å². The highest BCUT2D eigenvalue weighted by molar-refractivity contribution is 7.92. The Balaban J connectivity index is 2.34. The number of rotatable bonds is 3. The molecule has 0 unspecified atom stereocenters. The second-order valence-corrected chi connectivity index (χ2v) is 5.35. The molecule has 4 N–H and O–H groups in total. The van der Waals surface area contributed by atoms with Gasteiger partial charge in [-0.15, -0.1) is 0 Å². The number of halogens is 1. The molecule has 0 saturated carbocycles. The minimum absolute atomic E-state index is 0.0136. The molecule has 2 aromatic rings. The van der Waals surface area contributed by atoms with Crippen molar-refractivity contribution in [3.63, 3.8) is 0 Å². The average molecular weight is 270 g/mol. The summed E-state index contributed by atoms with van der Waals surface area (Å²) in [4.78, 5) is 0.0136. The number of nitrogens with one attached hydrogen (secondary N) is 2. The Morgan fingerprint density at radius 1 is 1.44 bits per heavy atom. The third kappa shape index (κ3) is 2.28. The molecule has 6 nitrogen and oxygen atoms in total. The first-order chi connectivity index (χ1) is 8.40. The van der Waals surface area contributed by atoms with Crippen molar-refractivity contribution in [3.8, 4) is 0 Å². The normalized spacial score (nSPS) is 11.4. The first-order valence-corrected chi connectivity index (χ1v) is 6.46. The van der Waals surface area contributed by atoms with Gasteiger partial charge in [-0.3, -0.25) is 9.82 Å². The number of aryl methyl sites for hydroxylation is 1. The van der Waals surface area contributed by atoms with Crippen molar-refractivity contribution >= 4 is 21.4 Å². The van der Waals surface area contributed by atoms with Gasteiger partial charge in [0.2, 0.25) is 0 Å². The number of nitrogens with zero attached hydrogens (tertiary/aromatic N) is 1. The molecule has 1 aromatic carbocycles. The summed E-state index contributed by atoms with van der Waals surface area (Å²) < 4.78 is 39.4. The second-order valence-electron chi connectivity index (χ2n) is 3.70. The summed E-state index contributed by atoms with van der Waals surface area (Å²) in [6, 6.07) is 3.68. The molecular formula is C10H11FN4O2S. The van der Waals surface area contributed by atoms with Crippen molar-refractivity contribution in [1.82, 2.24) is 10.2 Å². The fraction of sp³-hybridized carbons (Fsp3) is 0.100. The van der Waals surface area contributed by atoms with Crippen molar-refractivity contribution in [2.75, 3.05) is 10.5 Å². The van der Waals surface area contributed by atoms with Gasteiger partial charge in [0.05, 0.1) is 23.3 Å². The average Bonchev–Trinajstić information content (AvgIpc) is 2.70. The number of anilines is 2. The van der Waals surface area contributed by atoms with Gasteiger partial charge in [-0.25, -0.2) is 12.8 Å². The van der Waals surface area contributed by atoms with Gasteiger partial charge >= 0.3 is 0 Å². The topological polar surface area (TPSA) is 101 Å². The molecule has 0 aliphatic heterocycles. The Morgan fingerprint density at radius 2 is 2.17 bits per heavy atom. The zero-order valence-electron chi connectivity index (χ0n) is 9.44. The maximum atomic E-state index is 13.2. The van der Waals surface area contributed by atoms with Gasteiger partial charge in [-0.05, 0) is 19.1 Å². The van der Waals surface area contributed by atoms with Crippen LogP contribution in [0, 0.1) is 12.7 Å². The molecule has 0 spiro atoms. The number of H-pyrrole nitrogens is 1. The van der Waals surface area contributed by atoms with Crippen LogP contribution in [0.15, 0.2) is 29.3 Å². The summed E-state index contributed by atoms with van der Waals surface area (Å²) in [7, 11) is -3.78. The van der Waals surface area contributed by atoms with E-state index in [0.29, 0.717) is 5.69 Å². The van der Waals surface area contributed by atoms with Crippen LogP contribution in [-0.2, 0) is 10.0 Å². The van der Waals surface area contributed by atoms with Gasteiger partial charge in [0.25, 0.3) is 10.0 Å². The van der Waals surface area contributed by atoms with Crippen molar-refractivity contribution in [3.05, 3.63) is 35.9 Å². The fourth-order valence-electron chi connectivity index (χ4n) is 1.41. The van der Waals surface area contributed by atoms with Gasteiger partial charge in [0.1, 0.15) is 10.7 Å². The third-order valence-corrected chi connectivity index (χ3v) is 3.82. The Morgan fingerprint density at radius 3 is 2.72 bits per heavy atom. The predicted octanol–water partition coefficient (Wildman–Crippen LogP) is 1.24. The van der Waals surface area contributed by atoms with Crippen LogP contribution in [-0.4, -0.2) is 18.6 Å². The van der Waals surface area contributed by atoms with Crippen LogP contribution in [0.1, 0.15) is 5.69 Å². The number of aromatic nitrogens is 2. The molecular weight excluding hydrogens is 259 g/mol. The summed E-state index contributed by atoms with van der Waals surface area (Å²) in [5.41, 5.74) is 5.76. The van der Waals surface area contributed by atoms with Crippen LogP contribution in [0.25, 0.3) is 0 Å². The summed E-state index contributed by atoms with van der Waals surface area (Å²) in [5, 5.41) is 6.14. The van der Waals surface area contributed by atoms with Crippen LogP contribution >= 0.6 is 0 Å². The first kappa shape index (κ1) is 12.4. The third-order valence-electron chi connectivity index (χ3n) is 2.33. The Hall–Kier alpha value is -2.09. The summed E-state index contributed by atoms with van der Waals surface area (Å²) in [6.45, 7) is 1.57. The summed E-state index contributed by atoms with van der Waals surface area (Å²) in [6.07, 6.45) is 1.19. The number of aromatic amines is 1. The van der Waals surface area contributed by atoms with E-state index in [1.54, 1.807) is 6.92 Å². The van der Waals surface area contributed by atoms with E-state index in [2.05, 4.69) is 14.9 Å². The molecule has 18 heavy (non-hydrogen) atoms. The van der Waals surface area contributed by atoms with Crippen molar-refractivity contribution in [2.24, 2.45) is 0 Å². The van der Waals surface area contributed by atoms with Gasteiger partial charge in [0.15, 0.2) is 0 Å². The highest BCUT2D eigenvalue weighted by Gasteiger charge is 2.18. The molecule has 0 aliphatic rings. The van der Waals surface area contributed by atoms with E-state index in [4.69, 9.17) is 5.73 Å². The fourth-order valence-corrected chi connectivity index (χ4v) is 2.60. The lowest BCUT2D eigenvalue weighted by Crippen LogP contribution is -2.13. The maximum Gasteiger partial charge on any atom is 0.265 e. The first-order valence-electron chi connectivity index (χ1n) is 4.98. The molecule has 0 aliphatic carbocycles. The van der Waals surface area contributed by atoms with E-state index in [1.165, 1.54) is 18.3 Å². The Kier molecular flexibility index (Phi) is 2.95. The molecule has 0 bridgehead atoms. The van der Waals surface area contributed by atoms with Gasteiger partial charge < -0.3 is 5.73 Å². The zero-order chi connectivity index (χ0) is 13.3. The van der Waals surface area contributed by atoms with E-state index < -0.39 is 15.8 Å². The van der Waals surface area contributed by atoms with Crippen molar-refractivity contribution in [1.29, 1.82) is 0 Å². The Bertz CT molecular complexity index is 681. The van der Waals surface area contributed by atoms with E-state index in [-0.39, 0.29) is 16.3 Å². The maximum absolute atomic E-state index is 13.2. The van der Waals surface area contributed by atoms with Crippen molar-refractivity contribution < 1.29 is 12.8 Å². The molecule has 0 fully saturated rings. The molecule has 1 aromatic heterocycles. The lowest BCUT2D eigenvalue weighted by atomic mass is 10.3. The number of hydrogen-bond acceptors (Lipinski definition) is 4. The zero-order valence-corrected chi connectivity index (χ0v) is 10.3. The van der Waals surface area contributed by atoms with Crippen LogP contribution in [0.3, 0.4) is 0 Å². The van der Waals surface area contributed by atoms with E-state index in [9.17, 15) is 12.8 Å². The predicted molar refractivity (Wildman–Crippen MR) is 64.9 cm³/mol. The van der Waals surface area contributed by atoms with Gasteiger partial charge in [0, 0.05) is 6.07 Å². The van der Waals surface area contributed by atoms with Crippen LogP contribution in [0.4, 0.5) is 15.8 Å². The molecule has 2 rings (SSSR count). The highest BCUT2D eigenvalue weighted by atomic mass is 32.2. The molecule has 0 radical (unpaired) electrons. The van der Waals surface area contributed by atoms with E-state index in [0.717, 1.165) is 6.07 Å². The summed E-state index contributed by atoms with van der Waals surface area (Å²) >= 11 is 0. The molecule has 0 atom stereocenters. The SMILES string of the molecule is Cc1[nH]ncc1S(=O)(=O)Nc1ccc(N)c(F)c1. The van der Waals surface area contributed by atoms with E-state index in [1.807, 2.05) is 0 Å². The number of hydrogen-bond donors (Lipinski definition) is 3. The van der Waals surface area contributed by atoms with Crippen LogP contribution in [0.2, 0.25) is 0 Å². The summed E-state index contributed by atoms with van der Waals surface area (Å²) in [5.74, 6) is -0.681. The number of nitrogens with two attached hydrogens (primary N) is 1. The quantitative estimate of drug-likeness (QED) is 0.730. The second kappa shape index (κ2) is 4.30. The van der Waals surface area contributed by atoms with Gasteiger partial charge in [-0.1, -0.05) is 0 Å². The van der Waals surface area contributed by atoms with Crippen LogP contribution < -0.4 is 10.5 Å². The molecule has 8 heteroatoms. The van der Waals surface area contributed by atoms with Gasteiger partial charge in [-0.2, -0.15) is 5.10 Å². The minimum Gasteiger partial charge on any atom is -0.396 e. The monoisotopic (exact) mass is 270 g/mol. The highest BCUT2D eigenvalue weighted by Crippen LogP contribution is 2.20. The van der Waals surface area contributed by atoms with Crippen molar-refractivity contribution in [2.45, 2.75) is 11.8 Å². The largest absolute Gasteiger partial charge is 0.396 e. The Labute approximate surface area is 103 Å². The molecule has 0 saturated heterocycles. The lowest BCUT2D eigenvalue weighted by Gasteiger charge is -2.07. The lowest BCUT2D eigenvalue weighted by molar-refractivity contribution is 0.600. The molecule has 1 heterocycles. The minimum atomic E-state index is -3.78. The number of nitrogen functional groups attached to an aromatic ring is 1. The smallest absolute Gasteiger partial charge is 0.265 e.